The van der Waals surface area contributed by atoms with Gasteiger partial charge in [-0.2, -0.15) is 0 Å². The number of amides is 2. The zero-order valence-corrected chi connectivity index (χ0v) is 16.6. The highest BCUT2D eigenvalue weighted by molar-refractivity contribution is 9.10. The maximum Gasteiger partial charge on any atom is 0.271 e. The van der Waals surface area contributed by atoms with E-state index in [1.807, 2.05) is 13.8 Å². The second-order valence-electron chi connectivity index (χ2n) is 6.37. The fourth-order valence-corrected chi connectivity index (χ4v) is 4.34. The first kappa shape index (κ1) is 18.3. The topological polar surface area (TPSA) is 56.4 Å². The fraction of sp³-hybridized carbons (Fsp3) is 0.412. The van der Waals surface area contributed by atoms with Gasteiger partial charge in [0.25, 0.3) is 5.91 Å². The molecule has 1 aliphatic rings. The molecular weight excluding hydrogens is 409 g/mol. The molecule has 1 saturated heterocycles. The van der Waals surface area contributed by atoms with E-state index in [2.05, 4.69) is 20.9 Å². The van der Waals surface area contributed by atoms with Crippen molar-refractivity contribution in [2.75, 3.05) is 18.7 Å². The number of halogens is 2. The van der Waals surface area contributed by atoms with Gasteiger partial charge in [-0.05, 0) is 32.0 Å². The van der Waals surface area contributed by atoms with Gasteiger partial charge < -0.3 is 14.8 Å². The summed E-state index contributed by atoms with van der Waals surface area (Å²) in [5.74, 6) is 0.262. The van der Waals surface area contributed by atoms with Crippen molar-refractivity contribution in [2.24, 2.45) is 0 Å². The molecule has 0 spiro atoms. The molecule has 1 atom stereocenters. The van der Waals surface area contributed by atoms with Gasteiger partial charge in [-0.1, -0.05) is 15.9 Å². The first-order valence-corrected chi connectivity index (χ1v) is 9.87. The van der Waals surface area contributed by atoms with Crippen LogP contribution in [-0.2, 0) is 4.79 Å². The molecule has 8 heteroatoms. The summed E-state index contributed by atoms with van der Waals surface area (Å²) in [6.07, 6.45) is 0. The van der Waals surface area contributed by atoms with Gasteiger partial charge in [-0.3, -0.25) is 9.59 Å². The lowest BCUT2D eigenvalue weighted by Crippen LogP contribution is -2.49. The van der Waals surface area contributed by atoms with Gasteiger partial charge in [0.2, 0.25) is 5.91 Å². The molecule has 134 valence electrons. The highest BCUT2D eigenvalue weighted by Gasteiger charge is 2.37. The Morgan fingerprint density at radius 2 is 2.12 bits per heavy atom. The van der Waals surface area contributed by atoms with Gasteiger partial charge in [0.05, 0.1) is 11.4 Å². The number of carbonyl (C=O) groups is 2. The van der Waals surface area contributed by atoms with Gasteiger partial charge >= 0.3 is 0 Å². The van der Waals surface area contributed by atoms with E-state index in [1.165, 1.54) is 12.1 Å². The first-order chi connectivity index (χ1) is 11.8. The zero-order valence-electron chi connectivity index (χ0n) is 14.2. The fourth-order valence-electron chi connectivity index (χ4n) is 2.77. The van der Waals surface area contributed by atoms with Crippen LogP contribution < -0.4 is 0 Å². The molecule has 0 radical (unpaired) electrons. The van der Waals surface area contributed by atoms with Crippen molar-refractivity contribution in [3.63, 3.8) is 0 Å². The van der Waals surface area contributed by atoms with E-state index >= 15 is 0 Å². The number of H-pyrrole nitrogens is 1. The number of nitrogens with one attached hydrogen (secondary N) is 1. The van der Waals surface area contributed by atoms with E-state index in [0.29, 0.717) is 32.7 Å². The van der Waals surface area contributed by atoms with Crippen molar-refractivity contribution < 1.29 is 14.0 Å². The number of benzene rings is 1. The highest BCUT2D eigenvalue weighted by Crippen LogP contribution is 2.28. The van der Waals surface area contributed by atoms with E-state index in [4.69, 9.17) is 0 Å². The molecule has 2 heterocycles. The van der Waals surface area contributed by atoms with Crippen molar-refractivity contribution >= 4 is 50.4 Å². The van der Waals surface area contributed by atoms with Gasteiger partial charge in [0.15, 0.2) is 0 Å². The van der Waals surface area contributed by atoms with Gasteiger partial charge in [-0.25, -0.2) is 4.39 Å². The number of rotatable bonds is 3. The Balaban J connectivity index is 1.89. The second-order valence-corrected chi connectivity index (χ2v) is 8.28. The molecule has 1 aliphatic heterocycles. The third-order valence-electron chi connectivity index (χ3n) is 4.43. The summed E-state index contributed by atoms with van der Waals surface area (Å²) in [6, 6.07) is 4.17. The molecule has 1 fully saturated rings. The second kappa shape index (κ2) is 6.99. The molecule has 0 bridgehead atoms. The molecule has 3 rings (SSSR count). The predicted octanol–water partition coefficient (Wildman–Crippen LogP) is 3.45. The Morgan fingerprint density at radius 1 is 1.40 bits per heavy atom. The summed E-state index contributed by atoms with van der Waals surface area (Å²) >= 11 is 4.79. The summed E-state index contributed by atoms with van der Waals surface area (Å²) in [5, 5.41) is 0.362. The lowest BCUT2D eigenvalue weighted by Gasteiger charge is -2.29. The van der Waals surface area contributed by atoms with E-state index in [-0.39, 0.29) is 17.9 Å². The lowest BCUT2D eigenvalue weighted by molar-refractivity contribution is -0.135. The molecule has 1 N–H and O–H groups in total. The Morgan fingerprint density at radius 3 is 2.80 bits per heavy atom. The third-order valence-corrected chi connectivity index (χ3v) is 5.90. The summed E-state index contributed by atoms with van der Waals surface area (Å²) in [4.78, 5) is 31.7. The van der Waals surface area contributed by atoms with Crippen LogP contribution in [0.15, 0.2) is 22.7 Å². The Bertz CT molecular complexity index is 839. The van der Waals surface area contributed by atoms with Crippen LogP contribution in [0.1, 0.15) is 24.3 Å². The minimum absolute atomic E-state index is 0.0644. The number of nitrogens with zero attached hydrogens (tertiary/aromatic N) is 2. The number of hydrogen-bond acceptors (Lipinski definition) is 3. The van der Waals surface area contributed by atoms with Gasteiger partial charge in [0.1, 0.15) is 17.6 Å². The lowest BCUT2D eigenvalue weighted by atomic mass is 10.2. The average molecular weight is 428 g/mol. The van der Waals surface area contributed by atoms with Crippen LogP contribution in [0.2, 0.25) is 0 Å². The third kappa shape index (κ3) is 3.42. The summed E-state index contributed by atoms with van der Waals surface area (Å²) in [6.45, 7) is 3.87. The van der Waals surface area contributed by atoms with Crippen LogP contribution in [0.3, 0.4) is 0 Å². The molecule has 0 aliphatic carbocycles. The number of likely N-dealkylation sites (N-methyl/N-ethyl adjacent to an activating group) is 1. The van der Waals surface area contributed by atoms with E-state index < -0.39 is 11.9 Å². The van der Waals surface area contributed by atoms with Crippen LogP contribution >= 0.6 is 27.7 Å². The molecule has 0 saturated carbocycles. The number of aromatic amines is 1. The molecule has 1 aromatic carbocycles. The van der Waals surface area contributed by atoms with Crippen molar-refractivity contribution in [1.82, 2.24) is 14.8 Å². The predicted molar refractivity (Wildman–Crippen MR) is 101 cm³/mol. The normalized spacial score (nSPS) is 17.5. The summed E-state index contributed by atoms with van der Waals surface area (Å²) in [7, 11) is 1.74. The molecule has 25 heavy (non-hydrogen) atoms. The Kier molecular flexibility index (Phi) is 5.11. The smallest absolute Gasteiger partial charge is 0.271 e. The number of aromatic nitrogens is 1. The SMILES string of the molecule is CC(C)N(C)C(=O)[C@@H]1CSCN1C(=O)c1cc2c(F)cc(Br)cc2[nH]1. The van der Waals surface area contributed by atoms with Gasteiger partial charge in [-0.15, -0.1) is 11.8 Å². The van der Waals surface area contributed by atoms with Crippen LogP contribution in [0.4, 0.5) is 4.39 Å². The largest absolute Gasteiger partial charge is 0.350 e. The molecule has 0 unspecified atom stereocenters. The minimum Gasteiger partial charge on any atom is -0.350 e. The molecule has 1 aromatic heterocycles. The van der Waals surface area contributed by atoms with Crippen LogP contribution in [-0.4, -0.2) is 57.4 Å². The summed E-state index contributed by atoms with van der Waals surface area (Å²) < 4.78 is 14.7. The van der Waals surface area contributed by atoms with Crippen LogP contribution in [0.25, 0.3) is 10.9 Å². The first-order valence-electron chi connectivity index (χ1n) is 7.92. The van der Waals surface area contributed by atoms with E-state index in [1.54, 1.807) is 34.7 Å². The molecular formula is C17H19BrFN3O2S. The minimum atomic E-state index is -0.493. The maximum absolute atomic E-state index is 14.1. The summed E-state index contributed by atoms with van der Waals surface area (Å²) in [5.41, 5.74) is 0.837. The average Bonchev–Trinajstić information content (AvgIpc) is 3.19. The molecule has 2 aromatic rings. The van der Waals surface area contributed by atoms with Crippen molar-refractivity contribution in [2.45, 2.75) is 25.9 Å². The standard InChI is InChI=1S/C17H19BrFN3O2S/c1-9(2)21(3)17(24)15-7-25-8-22(15)16(23)14-6-11-12(19)4-10(18)5-13(11)20-14/h4-6,9,15,20H,7-8H2,1-3H3/t15-/m0/s1. The maximum atomic E-state index is 14.1. The molecule has 5 nitrogen and oxygen atoms in total. The zero-order chi connectivity index (χ0) is 18.3. The Hall–Kier alpha value is -1.54. The molecule has 2 amide bonds. The van der Waals surface area contributed by atoms with Crippen molar-refractivity contribution in [3.8, 4) is 0 Å². The number of hydrogen-bond donors (Lipinski definition) is 1. The van der Waals surface area contributed by atoms with Crippen LogP contribution in [0.5, 0.6) is 0 Å². The van der Waals surface area contributed by atoms with Gasteiger partial charge in [0, 0.05) is 28.7 Å². The van der Waals surface area contributed by atoms with E-state index in [9.17, 15) is 14.0 Å². The monoisotopic (exact) mass is 427 g/mol. The van der Waals surface area contributed by atoms with Crippen molar-refractivity contribution in [3.05, 3.63) is 34.2 Å². The van der Waals surface area contributed by atoms with Crippen LogP contribution in [0, 0.1) is 5.82 Å². The number of fused-ring (bicyclic) bond motifs is 1. The van der Waals surface area contributed by atoms with E-state index in [0.717, 1.165) is 0 Å². The highest BCUT2D eigenvalue weighted by atomic mass is 79.9. The number of carbonyl (C=O) groups excluding carboxylic acids is 2. The van der Waals surface area contributed by atoms with Crippen molar-refractivity contribution in [1.29, 1.82) is 0 Å². The quantitative estimate of drug-likeness (QED) is 0.815. The number of thioether (sulfide) groups is 1. The Labute approximate surface area is 158 Å².